The Morgan fingerprint density at radius 3 is 2.62 bits per heavy atom. The fraction of sp³-hybridized carbons (Fsp3) is 0.263. The fourth-order valence-electron chi connectivity index (χ4n) is 3.19. The van der Waals surface area contributed by atoms with Crippen molar-refractivity contribution in [1.82, 2.24) is 20.0 Å². The van der Waals surface area contributed by atoms with Gasteiger partial charge < -0.3 is 4.90 Å². The predicted molar refractivity (Wildman–Crippen MR) is 99.5 cm³/mol. The second-order valence-electron chi connectivity index (χ2n) is 6.31. The summed E-state index contributed by atoms with van der Waals surface area (Å²) in [6.07, 6.45) is 1.55. The molecule has 0 spiro atoms. The number of carbonyl (C=O) groups is 1. The van der Waals surface area contributed by atoms with Crippen LogP contribution in [0.15, 0.2) is 48.0 Å². The second kappa shape index (κ2) is 7.39. The molecule has 2 aromatic heterocycles. The molecular formula is C19H19FN4OS. The summed E-state index contributed by atoms with van der Waals surface area (Å²) in [6, 6.07) is 10.3. The van der Waals surface area contributed by atoms with Crippen molar-refractivity contribution in [3.8, 4) is 11.3 Å². The van der Waals surface area contributed by atoms with E-state index in [1.807, 2.05) is 4.90 Å². The molecule has 1 aliphatic rings. The van der Waals surface area contributed by atoms with E-state index < -0.39 is 0 Å². The van der Waals surface area contributed by atoms with E-state index in [-0.39, 0.29) is 11.7 Å². The molecule has 0 radical (unpaired) electrons. The molecule has 0 saturated carbocycles. The van der Waals surface area contributed by atoms with E-state index in [0.717, 1.165) is 25.2 Å². The Balaban J connectivity index is 1.43. The Labute approximate surface area is 155 Å². The average Bonchev–Trinajstić information content (AvgIpc) is 3.34. The van der Waals surface area contributed by atoms with Gasteiger partial charge in [0.1, 0.15) is 5.82 Å². The maximum Gasteiger partial charge on any atom is 0.257 e. The normalized spacial score (nSPS) is 15.3. The number of piperazine rings is 1. The third-order valence-corrected chi connectivity index (χ3v) is 5.48. The topological polar surface area (TPSA) is 52.2 Å². The Kier molecular flexibility index (Phi) is 4.81. The number of H-pyrrole nitrogens is 1. The molecule has 5 nitrogen and oxygen atoms in total. The molecule has 134 valence electrons. The number of amides is 1. The van der Waals surface area contributed by atoms with E-state index in [4.69, 9.17) is 0 Å². The van der Waals surface area contributed by atoms with Crippen LogP contribution in [0.3, 0.4) is 0 Å². The molecule has 1 saturated heterocycles. The number of nitrogens with zero attached hydrogens (tertiary/aromatic N) is 3. The summed E-state index contributed by atoms with van der Waals surface area (Å²) in [5.74, 6) is -0.336. The predicted octanol–water partition coefficient (Wildman–Crippen LogP) is 3.24. The van der Waals surface area contributed by atoms with Gasteiger partial charge in [0.05, 0.1) is 17.5 Å². The molecule has 3 aromatic rings. The van der Waals surface area contributed by atoms with Gasteiger partial charge in [-0.25, -0.2) is 4.39 Å². The summed E-state index contributed by atoms with van der Waals surface area (Å²) < 4.78 is 13.1. The summed E-state index contributed by atoms with van der Waals surface area (Å²) in [7, 11) is 0. The minimum atomic E-state index is -0.303. The van der Waals surface area contributed by atoms with Crippen LogP contribution in [-0.2, 0) is 6.54 Å². The molecule has 0 bridgehead atoms. The van der Waals surface area contributed by atoms with Crippen LogP contribution in [0.4, 0.5) is 4.39 Å². The number of halogens is 1. The summed E-state index contributed by atoms with van der Waals surface area (Å²) in [4.78, 5) is 18.5. The van der Waals surface area contributed by atoms with Crippen LogP contribution in [-0.4, -0.2) is 52.1 Å². The first-order valence-electron chi connectivity index (χ1n) is 8.54. The summed E-state index contributed by atoms with van der Waals surface area (Å²) in [5, 5.41) is 8.99. The Morgan fingerprint density at radius 2 is 1.92 bits per heavy atom. The van der Waals surface area contributed by atoms with Gasteiger partial charge in [0.2, 0.25) is 0 Å². The Hall–Kier alpha value is -2.51. The van der Waals surface area contributed by atoms with E-state index in [0.29, 0.717) is 24.3 Å². The van der Waals surface area contributed by atoms with Crippen molar-refractivity contribution in [1.29, 1.82) is 0 Å². The molecule has 0 aliphatic carbocycles. The lowest BCUT2D eigenvalue weighted by molar-refractivity contribution is 0.0630. The molecule has 1 aromatic carbocycles. The molecule has 26 heavy (non-hydrogen) atoms. The molecule has 1 N–H and O–H groups in total. The highest BCUT2D eigenvalue weighted by atomic mass is 32.1. The van der Waals surface area contributed by atoms with E-state index >= 15 is 0 Å². The lowest BCUT2D eigenvalue weighted by Gasteiger charge is -2.34. The number of rotatable bonds is 4. The van der Waals surface area contributed by atoms with Gasteiger partial charge in [0.25, 0.3) is 5.91 Å². The molecule has 7 heteroatoms. The summed E-state index contributed by atoms with van der Waals surface area (Å²) >= 11 is 1.76. The van der Waals surface area contributed by atoms with Crippen molar-refractivity contribution in [2.75, 3.05) is 26.2 Å². The van der Waals surface area contributed by atoms with Crippen molar-refractivity contribution in [3.63, 3.8) is 0 Å². The number of carbonyl (C=O) groups excluding carboxylic acids is 1. The highest BCUT2D eigenvalue weighted by Gasteiger charge is 2.25. The van der Waals surface area contributed by atoms with Gasteiger partial charge in [-0.05, 0) is 35.7 Å². The molecule has 1 aliphatic heterocycles. The minimum Gasteiger partial charge on any atom is -0.336 e. The number of hydrogen-bond donors (Lipinski definition) is 1. The Bertz CT molecular complexity index is 867. The number of aromatic nitrogens is 2. The van der Waals surface area contributed by atoms with Crippen LogP contribution in [0.5, 0.6) is 0 Å². The van der Waals surface area contributed by atoms with E-state index in [1.165, 1.54) is 17.0 Å². The van der Waals surface area contributed by atoms with Gasteiger partial charge >= 0.3 is 0 Å². The van der Waals surface area contributed by atoms with Crippen molar-refractivity contribution in [3.05, 3.63) is 64.2 Å². The number of benzene rings is 1. The van der Waals surface area contributed by atoms with E-state index in [9.17, 15) is 9.18 Å². The standard InChI is InChI=1S/C19H19FN4OS/c20-15-5-3-14(4-6-15)18-17(12-21-22-18)19(25)24-9-7-23(8-10-24)13-16-2-1-11-26-16/h1-6,11-12H,7-10,13H2,(H,21,22). The molecule has 0 unspecified atom stereocenters. The largest absolute Gasteiger partial charge is 0.336 e. The van der Waals surface area contributed by atoms with E-state index in [1.54, 1.807) is 29.7 Å². The zero-order valence-corrected chi connectivity index (χ0v) is 15.0. The fourth-order valence-corrected chi connectivity index (χ4v) is 3.93. The Morgan fingerprint density at radius 1 is 1.15 bits per heavy atom. The highest BCUT2D eigenvalue weighted by Crippen LogP contribution is 2.23. The van der Waals surface area contributed by atoms with Crippen molar-refractivity contribution >= 4 is 17.2 Å². The van der Waals surface area contributed by atoms with Crippen molar-refractivity contribution in [2.45, 2.75) is 6.54 Å². The van der Waals surface area contributed by atoms with Crippen molar-refractivity contribution < 1.29 is 9.18 Å². The number of nitrogens with one attached hydrogen (secondary N) is 1. The third kappa shape index (κ3) is 3.54. The number of hydrogen-bond acceptors (Lipinski definition) is 4. The zero-order valence-electron chi connectivity index (χ0n) is 14.2. The van der Waals surface area contributed by atoms with Crippen LogP contribution in [0.1, 0.15) is 15.2 Å². The van der Waals surface area contributed by atoms with Gasteiger partial charge in [0.15, 0.2) is 0 Å². The lowest BCUT2D eigenvalue weighted by atomic mass is 10.1. The van der Waals surface area contributed by atoms with Crippen molar-refractivity contribution in [2.24, 2.45) is 0 Å². The van der Waals surface area contributed by atoms with Crippen LogP contribution in [0, 0.1) is 5.82 Å². The lowest BCUT2D eigenvalue weighted by Crippen LogP contribution is -2.48. The molecule has 3 heterocycles. The molecule has 0 atom stereocenters. The molecular weight excluding hydrogens is 351 g/mol. The average molecular weight is 370 g/mol. The second-order valence-corrected chi connectivity index (χ2v) is 7.35. The third-order valence-electron chi connectivity index (χ3n) is 4.62. The minimum absolute atomic E-state index is 0.0335. The maximum absolute atomic E-state index is 13.1. The molecule has 1 amide bonds. The zero-order chi connectivity index (χ0) is 17.9. The van der Waals surface area contributed by atoms with Gasteiger partial charge in [-0.2, -0.15) is 5.10 Å². The first kappa shape index (κ1) is 16.9. The van der Waals surface area contributed by atoms with Gasteiger partial charge in [0, 0.05) is 43.2 Å². The monoisotopic (exact) mass is 370 g/mol. The van der Waals surface area contributed by atoms with Crippen LogP contribution < -0.4 is 0 Å². The highest BCUT2D eigenvalue weighted by molar-refractivity contribution is 7.09. The number of thiophene rings is 1. The van der Waals surface area contributed by atoms with Gasteiger partial charge in [-0.15, -0.1) is 11.3 Å². The summed E-state index contributed by atoms with van der Waals surface area (Å²) in [6.45, 7) is 4.03. The molecule has 1 fully saturated rings. The number of aromatic amines is 1. The quantitative estimate of drug-likeness (QED) is 0.767. The SMILES string of the molecule is O=C(c1cn[nH]c1-c1ccc(F)cc1)N1CCN(Cc2cccs2)CC1. The summed E-state index contributed by atoms with van der Waals surface area (Å²) in [5.41, 5.74) is 1.92. The first-order valence-corrected chi connectivity index (χ1v) is 9.42. The van der Waals surface area contributed by atoms with Gasteiger partial charge in [-0.3, -0.25) is 14.8 Å². The van der Waals surface area contributed by atoms with Crippen LogP contribution in [0.2, 0.25) is 0 Å². The van der Waals surface area contributed by atoms with Gasteiger partial charge in [-0.1, -0.05) is 6.07 Å². The maximum atomic E-state index is 13.1. The van der Waals surface area contributed by atoms with Crippen LogP contribution in [0.25, 0.3) is 11.3 Å². The van der Waals surface area contributed by atoms with Crippen LogP contribution >= 0.6 is 11.3 Å². The first-order chi connectivity index (χ1) is 12.7. The molecule has 4 rings (SSSR count). The smallest absolute Gasteiger partial charge is 0.257 e. The van der Waals surface area contributed by atoms with E-state index in [2.05, 4.69) is 32.6 Å².